The number of ether oxygens (including phenoxy) is 1. The highest BCUT2D eigenvalue weighted by Gasteiger charge is 2.27. The van der Waals surface area contributed by atoms with Crippen LogP contribution in [0.1, 0.15) is 50.1 Å². The van der Waals surface area contributed by atoms with Gasteiger partial charge in [-0.25, -0.2) is 0 Å². The summed E-state index contributed by atoms with van der Waals surface area (Å²) >= 11 is 0. The molecule has 1 heterocycles. The van der Waals surface area contributed by atoms with Gasteiger partial charge in [-0.1, -0.05) is 49.6 Å². The van der Waals surface area contributed by atoms with Crippen molar-refractivity contribution in [1.29, 1.82) is 0 Å². The lowest BCUT2D eigenvalue weighted by Gasteiger charge is -2.31. The molecule has 1 aliphatic carbocycles. The Morgan fingerprint density at radius 3 is 2.48 bits per heavy atom. The Morgan fingerprint density at radius 2 is 1.86 bits per heavy atom. The second-order valence-corrected chi connectivity index (χ2v) is 6.39. The van der Waals surface area contributed by atoms with Crippen molar-refractivity contribution in [3.63, 3.8) is 0 Å². The molecule has 1 aromatic carbocycles. The average molecular weight is 287 g/mol. The first kappa shape index (κ1) is 14.6. The number of rotatable bonds is 5. The van der Waals surface area contributed by atoms with Crippen LogP contribution in [0.5, 0.6) is 0 Å². The minimum atomic E-state index is 0.131. The molecule has 1 saturated heterocycles. The molecule has 0 spiro atoms. The summed E-state index contributed by atoms with van der Waals surface area (Å²) in [7, 11) is 0. The Hall–Kier alpha value is -1.35. The molecule has 1 amide bonds. The van der Waals surface area contributed by atoms with Crippen LogP contribution in [0.3, 0.4) is 0 Å². The van der Waals surface area contributed by atoms with Crippen LogP contribution in [0.4, 0.5) is 0 Å². The maximum Gasteiger partial charge on any atom is 0.223 e. The summed E-state index contributed by atoms with van der Waals surface area (Å²) in [4.78, 5) is 12.5. The van der Waals surface area contributed by atoms with Gasteiger partial charge in [0.05, 0.1) is 6.04 Å². The van der Waals surface area contributed by atoms with Gasteiger partial charge < -0.3 is 10.1 Å². The molecule has 2 aliphatic rings. The molecule has 2 fully saturated rings. The van der Waals surface area contributed by atoms with E-state index in [0.29, 0.717) is 0 Å². The molecule has 1 N–H and O–H groups in total. The predicted molar refractivity (Wildman–Crippen MR) is 82.8 cm³/mol. The standard InChI is InChI=1S/C18H25NO2/c20-18(16-9-11-21-12-10-16)19-17(13-14-5-4-6-14)15-7-2-1-3-8-15/h1-3,7-8,14,16-17H,4-6,9-13H2,(H,19,20). The third kappa shape index (κ3) is 3.85. The van der Waals surface area contributed by atoms with Crippen molar-refractivity contribution in [2.75, 3.05) is 13.2 Å². The van der Waals surface area contributed by atoms with Crippen LogP contribution in [-0.2, 0) is 9.53 Å². The summed E-state index contributed by atoms with van der Waals surface area (Å²) in [5.41, 5.74) is 1.24. The first-order chi connectivity index (χ1) is 10.3. The summed E-state index contributed by atoms with van der Waals surface area (Å²) in [5, 5.41) is 3.31. The second kappa shape index (κ2) is 7.08. The second-order valence-electron chi connectivity index (χ2n) is 6.39. The van der Waals surface area contributed by atoms with E-state index in [0.717, 1.165) is 38.4 Å². The summed E-state index contributed by atoms with van der Waals surface area (Å²) in [6.07, 6.45) is 6.78. The number of amides is 1. The SMILES string of the molecule is O=C(NC(CC1CCC1)c1ccccc1)C1CCOCC1. The highest BCUT2D eigenvalue weighted by Crippen LogP contribution is 2.35. The van der Waals surface area contributed by atoms with Crippen molar-refractivity contribution in [1.82, 2.24) is 5.32 Å². The summed E-state index contributed by atoms with van der Waals surface area (Å²) in [6, 6.07) is 10.6. The van der Waals surface area contributed by atoms with Crippen molar-refractivity contribution in [3.8, 4) is 0 Å². The van der Waals surface area contributed by atoms with E-state index in [1.807, 2.05) is 6.07 Å². The number of nitrogens with one attached hydrogen (secondary N) is 1. The fraction of sp³-hybridized carbons (Fsp3) is 0.611. The molecule has 0 aromatic heterocycles. The smallest absolute Gasteiger partial charge is 0.223 e. The van der Waals surface area contributed by atoms with Gasteiger partial charge >= 0.3 is 0 Å². The molecule has 0 radical (unpaired) electrons. The number of carbonyl (C=O) groups is 1. The van der Waals surface area contributed by atoms with Crippen LogP contribution >= 0.6 is 0 Å². The molecule has 1 unspecified atom stereocenters. The molecular weight excluding hydrogens is 262 g/mol. The van der Waals surface area contributed by atoms with Crippen LogP contribution < -0.4 is 5.32 Å². The maximum atomic E-state index is 12.5. The lowest BCUT2D eigenvalue weighted by Crippen LogP contribution is -2.37. The van der Waals surface area contributed by atoms with E-state index in [9.17, 15) is 4.79 Å². The van der Waals surface area contributed by atoms with Gasteiger partial charge in [0.15, 0.2) is 0 Å². The fourth-order valence-corrected chi connectivity index (χ4v) is 3.27. The van der Waals surface area contributed by atoms with E-state index >= 15 is 0 Å². The minimum absolute atomic E-state index is 0.131. The highest BCUT2D eigenvalue weighted by atomic mass is 16.5. The van der Waals surface area contributed by atoms with Crippen molar-refractivity contribution >= 4 is 5.91 Å². The largest absolute Gasteiger partial charge is 0.381 e. The molecule has 3 heteroatoms. The van der Waals surface area contributed by atoms with Gasteiger partial charge in [0.2, 0.25) is 5.91 Å². The molecule has 3 rings (SSSR count). The predicted octanol–water partition coefficient (Wildman–Crippen LogP) is 3.46. The summed E-state index contributed by atoms with van der Waals surface area (Å²) in [6.45, 7) is 1.44. The zero-order valence-electron chi connectivity index (χ0n) is 12.6. The van der Waals surface area contributed by atoms with Gasteiger partial charge in [0, 0.05) is 19.1 Å². The zero-order valence-corrected chi connectivity index (χ0v) is 12.6. The number of carbonyl (C=O) groups excluding carboxylic acids is 1. The van der Waals surface area contributed by atoms with Crippen molar-refractivity contribution < 1.29 is 9.53 Å². The average Bonchev–Trinajstić information content (AvgIpc) is 2.51. The van der Waals surface area contributed by atoms with Gasteiger partial charge in [-0.3, -0.25) is 4.79 Å². The van der Waals surface area contributed by atoms with Gasteiger partial charge in [0.25, 0.3) is 0 Å². The Bertz CT molecular complexity index is 450. The monoisotopic (exact) mass is 287 g/mol. The third-order valence-electron chi connectivity index (χ3n) is 4.90. The molecule has 1 aromatic rings. The third-order valence-corrected chi connectivity index (χ3v) is 4.90. The molecule has 3 nitrogen and oxygen atoms in total. The summed E-state index contributed by atoms with van der Waals surface area (Å²) in [5.74, 6) is 1.13. The molecule has 21 heavy (non-hydrogen) atoms. The van der Waals surface area contributed by atoms with Gasteiger partial charge in [-0.05, 0) is 30.7 Å². The number of hydrogen-bond donors (Lipinski definition) is 1. The van der Waals surface area contributed by atoms with E-state index in [-0.39, 0.29) is 17.9 Å². The Kier molecular flexibility index (Phi) is 4.91. The van der Waals surface area contributed by atoms with E-state index in [1.54, 1.807) is 0 Å². The van der Waals surface area contributed by atoms with Crippen LogP contribution in [0.25, 0.3) is 0 Å². The van der Waals surface area contributed by atoms with Gasteiger partial charge in [-0.2, -0.15) is 0 Å². The van der Waals surface area contributed by atoms with Crippen LogP contribution in [0, 0.1) is 11.8 Å². The Labute approximate surface area is 127 Å². The minimum Gasteiger partial charge on any atom is -0.381 e. The van der Waals surface area contributed by atoms with Crippen molar-refractivity contribution in [3.05, 3.63) is 35.9 Å². The van der Waals surface area contributed by atoms with Crippen LogP contribution in [-0.4, -0.2) is 19.1 Å². The molecule has 114 valence electrons. The fourth-order valence-electron chi connectivity index (χ4n) is 3.27. The highest BCUT2D eigenvalue weighted by molar-refractivity contribution is 5.79. The molecule has 0 bridgehead atoms. The zero-order chi connectivity index (χ0) is 14.5. The molecular formula is C18H25NO2. The number of benzene rings is 1. The molecule has 1 saturated carbocycles. The first-order valence-corrected chi connectivity index (χ1v) is 8.26. The normalized spacial score (nSPS) is 21.5. The van der Waals surface area contributed by atoms with E-state index in [2.05, 4.69) is 29.6 Å². The van der Waals surface area contributed by atoms with E-state index in [1.165, 1.54) is 24.8 Å². The van der Waals surface area contributed by atoms with E-state index < -0.39 is 0 Å². The first-order valence-electron chi connectivity index (χ1n) is 8.26. The summed E-state index contributed by atoms with van der Waals surface area (Å²) < 4.78 is 5.35. The van der Waals surface area contributed by atoms with Crippen LogP contribution in [0.2, 0.25) is 0 Å². The Morgan fingerprint density at radius 1 is 1.14 bits per heavy atom. The van der Waals surface area contributed by atoms with E-state index in [4.69, 9.17) is 4.74 Å². The topological polar surface area (TPSA) is 38.3 Å². The van der Waals surface area contributed by atoms with Crippen molar-refractivity contribution in [2.24, 2.45) is 11.8 Å². The van der Waals surface area contributed by atoms with Crippen molar-refractivity contribution in [2.45, 2.75) is 44.6 Å². The molecule has 1 aliphatic heterocycles. The quantitative estimate of drug-likeness (QED) is 0.900. The lowest BCUT2D eigenvalue weighted by molar-refractivity contribution is -0.128. The Balaban J connectivity index is 1.64. The lowest BCUT2D eigenvalue weighted by atomic mass is 9.79. The molecule has 1 atom stereocenters. The van der Waals surface area contributed by atoms with Gasteiger partial charge in [0.1, 0.15) is 0 Å². The van der Waals surface area contributed by atoms with Gasteiger partial charge in [-0.15, -0.1) is 0 Å². The number of hydrogen-bond acceptors (Lipinski definition) is 2. The van der Waals surface area contributed by atoms with Crippen LogP contribution in [0.15, 0.2) is 30.3 Å². The maximum absolute atomic E-state index is 12.5.